The van der Waals surface area contributed by atoms with Crippen LogP contribution in [0.25, 0.3) is 0 Å². The first-order valence-electron chi connectivity index (χ1n) is 7.67. The van der Waals surface area contributed by atoms with Gasteiger partial charge in [-0.15, -0.1) is 0 Å². The lowest BCUT2D eigenvalue weighted by atomic mass is 9.91. The molecule has 0 saturated heterocycles. The largest absolute Gasteiger partial charge is 0.481 e. The SMILES string of the molecule is CCCc1ccc(C(=O)C(C#N)C(=O)c2ccc(OC)nc2)cc1. The molecular formula is C19H18N2O3. The quantitative estimate of drug-likeness (QED) is 0.577. The molecular weight excluding hydrogens is 304 g/mol. The minimum Gasteiger partial charge on any atom is -0.481 e. The molecule has 5 nitrogen and oxygen atoms in total. The van der Waals surface area contributed by atoms with Crippen LogP contribution in [0.2, 0.25) is 0 Å². The van der Waals surface area contributed by atoms with E-state index in [0.717, 1.165) is 18.4 Å². The molecule has 2 aromatic rings. The van der Waals surface area contributed by atoms with Gasteiger partial charge in [-0.05, 0) is 18.1 Å². The van der Waals surface area contributed by atoms with Crippen LogP contribution in [0.15, 0.2) is 42.6 Å². The molecule has 0 fully saturated rings. The van der Waals surface area contributed by atoms with Gasteiger partial charge in [0.2, 0.25) is 5.88 Å². The molecule has 0 N–H and O–H groups in total. The maximum absolute atomic E-state index is 12.5. The molecule has 2 rings (SSSR count). The van der Waals surface area contributed by atoms with Crippen LogP contribution in [0, 0.1) is 17.2 Å². The number of hydrogen-bond acceptors (Lipinski definition) is 5. The highest BCUT2D eigenvalue weighted by atomic mass is 16.5. The van der Waals surface area contributed by atoms with Crippen LogP contribution in [-0.4, -0.2) is 23.7 Å². The zero-order valence-corrected chi connectivity index (χ0v) is 13.7. The zero-order chi connectivity index (χ0) is 17.5. The number of rotatable bonds is 7. The van der Waals surface area contributed by atoms with Crippen molar-refractivity contribution in [2.75, 3.05) is 7.11 Å². The van der Waals surface area contributed by atoms with Gasteiger partial charge in [-0.2, -0.15) is 5.26 Å². The van der Waals surface area contributed by atoms with E-state index in [1.807, 2.05) is 18.2 Å². The van der Waals surface area contributed by atoms with Crippen molar-refractivity contribution < 1.29 is 14.3 Å². The van der Waals surface area contributed by atoms with E-state index >= 15 is 0 Å². The molecule has 1 aromatic carbocycles. The summed E-state index contributed by atoms with van der Waals surface area (Å²) >= 11 is 0. The number of aryl methyl sites for hydroxylation is 1. The van der Waals surface area contributed by atoms with E-state index < -0.39 is 17.5 Å². The van der Waals surface area contributed by atoms with Crippen molar-refractivity contribution in [3.63, 3.8) is 0 Å². The summed E-state index contributed by atoms with van der Waals surface area (Å²) in [5.74, 6) is -2.08. The molecule has 1 aromatic heterocycles. The number of hydrogen-bond donors (Lipinski definition) is 0. The van der Waals surface area contributed by atoms with Crippen molar-refractivity contribution in [2.24, 2.45) is 5.92 Å². The van der Waals surface area contributed by atoms with Gasteiger partial charge in [0.1, 0.15) is 0 Å². The fourth-order valence-electron chi connectivity index (χ4n) is 2.34. The van der Waals surface area contributed by atoms with Crippen molar-refractivity contribution >= 4 is 11.6 Å². The summed E-state index contributed by atoms with van der Waals surface area (Å²) in [6.07, 6.45) is 3.24. The number of carbonyl (C=O) groups is 2. The van der Waals surface area contributed by atoms with Gasteiger partial charge >= 0.3 is 0 Å². The first-order valence-corrected chi connectivity index (χ1v) is 7.67. The second kappa shape index (κ2) is 8.02. The zero-order valence-electron chi connectivity index (χ0n) is 13.7. The number of carbonyl (C=O) groups excluding carboxylic acids is 2. The van der Waals surface area contributed by atoms with Crippen LogP contribution in [0.1, 0.15) is 39.6 Å². The lowest BCUT2D eigenvalue weighted by Crippen LogP contribution is -2.23. The Labute approximate surface area is 140 Å². The van der Waals surface area contributed by atoms with Gasteiger partial charge in [-0.25, -0.2) is 4.98 Å². The third-order valence-electron chi connectivity index (χ3n) is 3.66. The molecule has 0 aliphatic carbocycles. The topological polar surface area (TPSA) is 80.0 Å². The molecule has 24 heavy (non-hydrogen) atoms. The van der Waals surface area contributed by atoms with Gasteiger partial charge in [0.05, 0.1) is 13.2 Å². The van der Waals surface area contributed by atoms with Crippen molar-refractivity contribution in [3.8, 4) is 11.9 Å². The Balaban J connectivity index is 2.21. The van der Waals surface area contributed by atoms with Crippen molar-refractivity contribution in [1.29, 1.82) is 5.26 Å². The molecule has 1 unspecified atom stereocenters. The standard InChI is InChI=1S/C19H18N2O3/c1-3-4-13-5-7-14(8-6-13)18(22)16(11-20)19(23)15-9-10-17(24-2)21-12-15/h5-10,12,16H,3-4H2,1-2H3. The first-order chi connectivity index (χ1) is 11.6. The van der Waals surface area contributed by atoms with Gasteiger partial charge in [-0.3, -0.25) is 9.59 Å². The van der Waals surface area contributed by atoms with Crippen molar-refractivity contribution in [3.05, 3.63) is 59.3 Å². The molecule has 0 radical (unpaired) electrons. The average molecular weight is 322 g/mol. The van der Waals surface area contributed by atoms with Gasteiger partial charge in [-0.1, -0.05) is 37.6 Å². The number of benzene rings is 1. The Morgan fingerprint density at radius 2 is 1.75 bits per heavy atom. The molecule has 0 amide bonds. The predicted octanol–water partition coefficient (Wildman–Crippen LogP) is 3.25. The predicted molar refractivity (Wildman–Crippen MR) is 89.0 cm³/mol. The Morgan fingerprint density at radius 3 is 2.25 bits per heavy atom. The second-order valence-corrected chi connectivity index (χ2v) is 5.33. The molecule has 122 valence electrons. The normalized spacial score (nSPS) is 11.4. The molecule has 1 atom stereocenters. The fourth-order valence-corrected chi connectivity index (χ4v) is 2.34. The number of nitriles is 1. The number of Topliss-reactive ketones (excluding diaryl/α,β-unsaturated/α-hetero) is 2. The highest BCUT2D eigenvalue weighted by Gasteiger charge is 2.28. The van der Waals surface area contributed by atoms with Crippen LogP contribution < -0.4 is 4.74 Å². The maximum Gasteiger partial charge on any atom is 0.212 e. The molecule has 0 aliphatic rings. The summed E-state index contributed by atoms with van der Waals surface area (Å²) < 4.78 is 4.93. The lowest BCUT2D eigenvalue weighted by molar-refractivity contribution is 0.0845. The second-order valence-electron chi connectivity index (χ2n) is 5.33. The summed E-state index contributed by atoms with van der Waals surface area (Å²) in [5.41, 5.74) is 1.68. The molecule has 0 spiro atoms. The number of ketones is 2. The summed E-state index contributed by atoms with van der Waals surface area (Å²) in [6.45, 7) is 2.08. The van der Waals surface area contributed by atoms with Gasteiger partial charge < -0.3 is 4.74 Å². The number of nitrogens with zero attached hydrogens (tertiary/aromatic N) is 2. The maximum atomic E-state index is 12.5. The van der Waals surface area contributed by atoms with E-state index in [2.05, 4.69) is 11.9 Å². The van der Waals surface area contributed by atoms with Crippen molar-refractivity contribution in [1.82, 2.24) is 4.98 Å². The highest BCUT2D eigenvalue weighted by molar-refractivity contribution is 6.17. The summed E-state index contributed by atoms with van der Waals surface area (Å²) in [6, 6.07) is 11.9. The van der Waals surface area contributed by atoms with Crippen LogP contribution >= 0.6 is 0 Å². The molecule has 1 heterocycles. The average Bonchev–Trinajstić information content (AvgIpc) is 2.63. The summed E-state index contributed by atoms with van der Waals surface area (Å²) in [7, 11) is 1.47. The highest BCUT2D eigenvalue weighted by Crippen LogP contribution is 2.17. The molecule has 0 saturated carbocycles. The smallest absolute Gasteiger partial charge is 0.212 e. The Bertz CT molecular complexity index is 759. The van der Waals surface area contributed by atoms with E-state index in [9.17, 15) is 14.9 Å². The Hall–Kier alpha value is -3.00. The molecule has 5 heteroatoms. The minimum atomic E-state index is -1.38. The van der Waals surface area contributed by atoms with E-state index in [1.54, 1.807) is 12.1 Å². The van der Waals surface area contributed by atoms with E-state index in [0.29, 0.717) is 11.4 Å². The third kappa shape index (κ3) is 3.85. The first kappa shape index (κ1) is 17.4. The van der Waals surface area contributed by atoms with Crippen LogP contribution in [-0.2, 0) is 6.42 Å². The fraction of sp³-hybridized carbons (Fsp3) is 0.263. The molecule has 0 bridgehead atoms. The lowest BCUT2D eigenvalue weighted by Gasteiger charge is -2.08. The van der Waals surface area contributed by atoms with Crippen LogP contribution in [0.4, 0.5) is 0 Å². The summed E-state index contributed by atoms with van der Waals surface area (Å²) in [5, 5.41) is 9.29. The Kier molecular flexibility index (Phi) is 5.80. The number of ether oxygens (including phenoxy) is 1. The van der Waals surface area contributed by atoms with Crippen LogP contribution in [0.3, 0.4) is 0 Å². The van der Waals surface area contributed by atoms with E-state index in [-0.39, 0.29) is 5.56 Å². The third-order valence-corrected chi connectivity index (χ3v) is 3.66. The van der Waals surface area contributed by atoms with Crippen molar-refractivity contribution in [2.45, 2.75) is 19.8 Å². The van der Waals surface area contributed by atoms with Gasteiger partial charge in [0, 0.05) is 23.4 Å². The van der Waals surface area contributed by atoms with E-state index in [1.165, 1.54) is 25.4 Å². The van der Waals surface area contributed by atoms with Gasteiger partial charge in [0.15, 0.2) is 17.5 Å². The minimum absolute atomic E-state index is 0.207. The number of methoxy groups -OCH3 is 1. The van der Waals surface area contributed by atoms with Gasteiger partial charge in [0.25, 0.3) is 0 Å². The molecule has 0 aliphatic heterocycles. The summed E-state index contributed by atoms with van der Waals surface area (Å²) in [4.78, 5) is 28.9. The number of pyridine rings is 1. The Morgan fingerprint density at radius 1 is 1.12 bits per heavy atom. The number of aromatic nitrogens is 1. The van der Waals surface area contributed by atoms with Crippen LogP contribution in [0.5, 0.6) is 5.88 Å². The van der Waals surface area contributed by atoms with E-state index in [4.69, 9.17) is 4.74 Å². The monoisotopic (exact) mass is 322 g/mol.